The Morgan fingerprint density at radius 2 is 1.90 bits per heavy atom. The van der Waals surface area contributed by atoms with Crippen LogP contribution in [0.3, 0.4) is 0 Å². The molecule has 0 bridgehead atoms. The molecule has 29 heavy (non-hydrogen) atoms. The van der Waals surface area contributed by atoms with Crippen LogP contribution in [0.1, 0.15) is 41.3 Å². The van der Waals surface area contributed by atoms with E-state index in [2.05, 4.69) is 10.4 Å². The summed E-state index contributed by atoms with van der Waals surface area (Å²) in [5.74, 6) is 0.817. The lowest BCUT2D eigenvalue weighted by Crippen LogP contribution is -2.32. The smallest absolute Gasteiger partial charge is 0.224 e. The van der Waals surface area contributed by atoms with Crippen LogP contribution in [-0.4, -0.2) is 22.8 Å². The summed E-state index contributed by atoms with van der Waals surface area (Å²) in [4.78, 5) is 12.6. The molecule has 1 aliphatic rings. The molecule has 4 rings (SSSR count). The molecule has 1 atom stereocenters. The third-order valence-corrected chi connectivity index (χ3v) is 5.62. The highest BCUT2D eigenvalue weighted by molar-refractivity contribution is 6.30. The van der Waals surface area contributed by atoms with Gasteiger partial charge in [-0.1, -0.05) is 35.9 Å². The SMILES string of the molecule is COc1ccc(CC(=O)N[C@H]2CCCc3c2cnn3Cc2ccc(Cl)cc2)cc1. The number of methoxy groups -OCH3 is 1. The van der Waals surface area contributed by atoms with Crippen LogP contribution in [0.4, 0.5) is 0 Å². The highest BCUT2D eigenvalue weighted by atomic mass is 35.5. The summed E-state index contributed by atoms with van der Waals surface area (Å²) >= 11 is 5.98. The molecule has 2 aromatic carbocycles. The molecule has 0 radical (unpaired) electrons. The van der Waals surface area contributed by atoms with E-state index in [0.717, 1.165) is 46.7 Å². The summed E-state index contributed by atoms with van der Waals surface area (Å²) in [6, 6.07) is 15.5. The Balaban J connectivity index is 1.43. The molecule has 0 saturated carbocycles. The minimum Gasteiger partial charge on any atom is -0.497 e. The van der Waals surface area contributed by atoms with Gasteiger partial charge in [0, 0.05) is 16.3 Å². The maximum Gasteiger partial charge on any atom is 0.224 e. The van der Waals surface area contributed by atoms with Crippen molar-refractivity contribution in [1.29, 1.82) is 0 Å². The van der Waals surface area contributed by atoms with E-state index >= 15 is 0 Å². The van der Waals surface area contributed by atoms with Crippen molar-refractivity contribution in [3.05, 3.63) is 82.1 Å². The number of hydrogen-bond acceptors (Lipinski definition) is 3. The molecule has 3 aromatic rings. The van der Waals surface area contributed by atoms with Gasteiger partial charge in [-0.3, -0.25) is 9.48 Å². The van der Waals surface area contributed by atoms with Crippen LogP contribution in [0.15, 0.2) is 54.7 Å². The molecule has 0 unspecified atom stereocenters. The lowest BCUT2D eigenvalue weighted by molar-refractivity contribution is -0.121. The van der Waals surface area contributed by atoms with Crippen molar-refractivity contribution in [1.82, 2.24) is 15.1 Å². The Labute approximate surface area is 175 Å². The minimum atomic E-state index is 0.0171. The molecule has 0 aliphatic heterocycles. The number of rotatable bonds is 6. The first-order valence-electron chi connectivity index (χ1n) is 9.83. The van der Waals surface area contributed by atoms with E-state index in [1.165, 1.54) is 5.69 Å². The number of fused-ring (bicyclic) bond motifs is 1. The van der Waals surface area contributed by atoms with E-state index in [9.17, 15) is 4.79 Å². The monoisotopic (exact) mass is 409 g/mol. The van der Waals surface area contributed by atoms with E-state index in [1.54, 1.807) is 7.11 Å². The second kappa shape index (κ2) is 8.70. The minimum absolute atomic E-state index is 0.0171. The van der Waals surface area contributed by atoms with Gasteiger partial charge >= 0.3 is 0 Å². The van der Waals surface area contributed by atoms with Crippen molar-refractivity contribution < 1.29 is 9.53 Å². The third-order valence-electron chi connectivity index (χ3n) is 5.37. The summed E-state index contributed by atoms with van der Waals surface area (Å²) < 4.78 is 7.21. The first kappa shape index (κ1) is 19.5. The average Bonchev–Trinajstić information content (AvgIpc) is 3.14. The first-order valence-corrected chi connectivity index (χ1v) is 10.2. The predicted octanol–water partition coefficient (Wildman–Crippen LogP) is 4.33. The molecule has 5 nitrogen and oxygen atoms in total. The lowest BCUT2D eigenvalue weighted by atomic mass is 9.92. The van der Waals surface area contributed by atoms with Crippen molar-refractivity contribution in [2.75, 3.05) is 7.11 Å². The van der Waals surface area contributed by atoms with Crippen LogP contribution in [0.5, 0.6) is 5.75 Å². The van der Waals surface area contributed by atoms with Crippen molar-refractivity contribution in [3.8, 4) is 5.75 Å². The van der Waals surface area contributed by atoms with E-state index in [-0.39, 0.29) is 11.9 Å². The molecule has 1 heterocycles. The fourth-order valence-electron chi connectivity index (χ4n) is 3.84. The molecular weight excluding hydrogens is 386 g/mol. The van der Waals surface area contributed by atoms with Crippen molar-refractivity contribution >= 4 is 17.5 Å². The van der Waals surface area contributed by atoms with Gasteiger partial charge in [0.2, 0.25) is 5.91 Å². The summed E-state index contributed by atoms with van der Waals surface area (Å²) in [7, 11) is 1.63. The Morgan fingerprint density at radius 1 is 1.17 bits per heavy atom. The number of ether oxygens (including phenoxy) is 1. The number of carbonyl (C=O) groups excluding carboxylic acids is 1. The molecule has 1 aliphatic carbocycles. The molecule has 1 amide bonds. The third kappa shape index (κ3) is 4.62. The number of amides is 1. The van der Waals surface area contributed by atoms with Crippen LogP contribution in [0, 0.1) is 0 Å². The van der Waals surface area contributed by atoms with Crippen LogP contribution >= 0.6 is 11.6 Å². The maximum atomic E-state index is 12.6. The molecule has 0 fully saturated rings. The van der Waals surface area contributed by atoms with Crippen LogP contribution < -0.4 is 10.1 Å². The fourth-order valence-corrected chi connectivity index (χ4v) is 3.97. The Kier molecular flexibility index (Phi) is 5.86. The van der Waals surface area contributed by atoms with Crippen LogP contribution in [0.25, 0.3) is 0 Å². The topological polar surface area (TPSA) is 56.1 Å². The number of benzene rings is 2. The average molecular weight is 410 g/mol. The number of nitrogens with zero attached hydrogens (tertiary/aromatic N) is 2. The molecule has 1 N–H and O–H groups in total. The zero-order valence-electron chi connectivity index (χ0n) is 16.4. The normalized spacial score (nSPS) is 15.6. The number of halogens is 1. The fraction of sp³-hybridized carbons (Fsp3) is 0.304. The highest BCUT2D eigenvalue weighted by Crippen LogP contribution is 2.30. The van der Waals surface area contributed by atoms with Gasteiger partial charge in [0.15, 0.2) is 0 Å². The molecule has 1 aromatic heterocycles. The summed E-state index contributed by atoms with van der Waals surface area (Å²) in [6.45, 7) is 0.707. The summed E-state index contributed by atoms with van der Waals surface area (Å²) in [6.07, 6.45) is 5.21. The highest BCUT2D eigenvalue weighted by Gasteiger charge is 2.25. The predicted molar refractivity (Wildman–Crippen MR) is 113 cm³/mol. The molecule has 0 saturated heterocycles. The van der Waals surface area contributed by atoms with Gasteiger partial charge in [-0.2, -0.15) is 5.10 Å². The number of aromatic nitrogens is 2. The van der Waals surface area contributed by atoms with Gasteiger partial charge in [0.05, 0.1) is 32.3 Å². The standard InChI is InChI=1S/C23H24ClN3O2/c1-29-19-11-7-16(8-12-19)13-23(28)26-21-3-2-4-22-20(21)14-25-27(22)15-17-5-9-18(24)10-6-17/h5-12,14,21H,2-4,13,15H2,1H3,(H,26,28)/t21-/m0/s1. The van der Waals surface area contributed by atoms with Crippen molar-refractivity contribution in [3.63, 3.8) is 0 Å². The Hall–Kier alpha value is -2.79. The van der Waals surface area contributed by atoms with Gasteiger partial charge in [0.25, 0.3) is 0 Å². The van der Waals surface area contributed by atoms with Crippen molar-refractivity contribution in [2.24, 2.45) is 0 Å². The summed E-state index contributed by atoms with van der Waals surface area (Å²) in [5, 5.41) is 8.52. The maximum absolute atomic E-state index is 12.6. The number of carbonyl (C=O) groups is 1. The van der Waals surface area contributed by atoms with E-state index in [0.29, 0.717) is 13.0 Å². The van der Waals surface area contributed by atoms with Gasteiger partial charge in [-0.25, -0.2) is 0 Å². The zero-order chi connectivity index (χ0) is 20.2. The van der Waals surface area contributed by atoms with E-state index in [4.69, 9.17) is 16.3 Å². The molecule has 0 spiro atoms. The Bertz CT molecular complexity index is 980. The molecular formula is C23H24ClN3O2. The number of hydrogen-bond donors (Lipinski definition) is 1. The Morgan fingerprint density at radius 3 is 2.62 bits per heavy atom. The van der Waals surface area contributed by atoms with E-state index < -0.39 is 0 Å². The quantitative estimate of drug-likeness (QED) is 0.659. The second-order valence-electron chi connectivity index (χ2n) is 7.37. The molecule has 150 valence electrons. The number of nitrogens with one attached hydrogen (secondary N) is 1. The lowest BCUT2D eigenvalue weighted by Gasteiger charge is -2.24. The van der Waals surface area contributed by atoms with Crippen LogP contribution in [-0.2, 0) is 24.2 Å². The van der Waals surface area contributed by atoms with E-state index in [1.807, 2.05) is 59.4 Å². The van der Waals surface area contributed by atoms with Crippen molar-refractivity contribution in [2.45, 2.75) is 38.3 Å². The largest absolute Gasteiger partial charge is 0.497 e. The van der Waals surface area contributed by atoms with Gasteiger partial charge in [-0.15, -0.1) is 0 Å². The first-order chi connectivity index (χ1) is 14.1. The van der Waals surface area contributed by atoms with Gasteiger partial charge in [0.1, 0.15) is 5.75 Å². The van der Waals surface area contributed by atoms with Crippen LogP contribution in [0.2, 0.25) is 5.02 Å². The van der Waals surface area contributed by atoms with Gasteiger partial charge < -0.3 is 10.1 Å². The summed E-state index contributed by atoms with van der Waals surface area (Å²) in [5.41, 5.74) is 4.47. The molecule has 6 heteroatoms. The second-order valence-corrected chi connectivity index (χ2v) is 7.80. The zero-order valence-corrected chi connectivity index (χ0v) is 17.2. The van der Waals surface area contributed by atoms with Gasteiger partial charge in [-0.05, 0) is 54.7 Å².